The highest BCUT2D eigenvalue weighted by molar-refractivity contribution is 6.30. The summed E-state index contributed by atoms with van der Waals surface area (Å²) in [5.74, 6) is 0.396. The summed E-state index contributed by atoms with van der Waals surface area (Å²) in [5, 5.41) is 3.95. The third kappa shape index (κ3) is 2.78. The predicted molar refractivity (Wildman–Crippen MR) is 74.6 cm³/mol. The summed E-state index contributed by atoms with van der Waals surface area (Å²) in [6, 6.07) is 7.41. The fourth-order valence-corrected chi connectivity index (χ4v) is 2.72. The third-order valence-electron chi connectivity index (χ3n) is 3.81. The van der Waals surface area contributed by atoms with Crippen LogP contribution in [0.15, 0.2) is 24.3 Å². The van der Waals surface area contributed by atoms with Crippen LogP contribution in [0.5, 0.6) is 0 Å². The van der Waals surface area contributed by atoms with E-state index in [9.17, 15) is 4.79 Å². The zero-order valence-corrected chi connectivity index (χ0v) is 11.3. The molecule has 0 spiro atoms. The Labute approximate surface area is 113 Å². The molecule has 1 fully saturated rings. The molecule has 0 radical (unpaired) electrons. The number of halogens is 1. The van der Waals surface area contributed by atoms with Gasteiger partial charge in [0.2, 0.25) is 5.91 Å². The van der Waals surface area contributed by atoms with Crippen LogP contribution in [0.3, 0.4) is 0 Å². The van der Waals surface area contributed by atoms with Crippen molar-refractivity contribution in [1.29, 1.82) is 0 Å². The molecule has 1 amide bonds. The minimum atomic E-state index is -0.614. The van der Waals surface area contributed by atoms with E-state index in [-0.39, 0.29) is 5.91 Å². The summed E-state index contributed by atoms with van der Waals surface area (Å²) in [5.41, 5.74) is 5.84. The van der Waals surface area contributed by atoms with Gasteiger partial charge in [-0.2, -0.15) is 0 Å². The van der Waals surface area contributed by atoms with Crippen molar-refractivity contribution in [2.24, 2.45) is 11.7 Å². The van der Waals surface area contributed by atoms with E-state index in [2.05, 4.69) is 12.2 Å². The van der Waals surface area contributed by atoms with Crippen LogP contribution in [0.1, 0.15) is 32.6 Å². The molecule has 98 valence electrons. The third-order valence-corrected chi connectivity index (χ3v) is 4.04. The average Bonchev–Trinajstić information content (AvgIpc) is 2.32. The van der Waals surface area contributed by atoms with E-state index in [1.54, 1.807) is 0 Å². The van der Waals surface area contributed by atoms with Crippen molar-refractivity contribution >= 4 is 23.2 Å². The van der Waals surface area contributed by atoms with Crippen LogP contribution in [0, 0.1) is 5.92 Å². The van der Waals surface area contributed by atoms with Crippen LogP contribution in [0.2, 0.25) is 5.02 Å². The monoisotopic (exact) mass is 266 g/mol. The lowest BCUT2D eigenvalue weighted by molar-refractivity contribution is -0.123. The van der Waals surface area contributed by atoms with Crippen molar-refractivity contribution in [2.45, 2.75) is 38.1 Å². The van der Waals surface area contributed by atoms with Gasteiger partial charge in [-0.1, -0.05) is 24.6 Å². The molecule has 0 aromatic heterocycles. The minimum Gasteiger partial charge on any atom is -0.371 e. The maximum Gasteiger partial charge on any atom is 0.243 e. The molecule has 18 heavy (non-hydrogen) atoms. The highest BCUT2D eigenvalue weighted by Crippen LogP contribution is 2.34. The largest absolute Gasteiger partial charge is 0.371 e. The van der Waals surface area contributed by atoms with Gasteiger partial charge in [0.1, 0.15) is 5.54 Å². The average molecular weight is 267 g/mol. The lowest BCUT2D eigenvalue weighted by Crippen LogP contribution is -2.52. The van der Waals surface area contributed by atoms with E-state index in [1.807, 2.05) is 24.3 Å². The molecule has 1 aliphatic rings. The molecule has 3 nitrogen and oxygen atoms in total. The van der Waals surface area contributed by atoms with Gasteiger partial charge >= 0.3 is 0 Å². The fourth-order valence-electron chi connectivity index (χ4n) is 2.53. The fraction of sp³-hybridized carbons (Fsp3) is 0.500. The number of anilines is 1. The number of amides is 1. The number of nitrogens with one attached hydrogen (secondary N) is 1. The second kappa shape index (κ2) is 5.19. The Balaban J connectivity index is 2.19. The first-order valence-corrected chi connectivity index (χ1v) is 6.73. The Morgan fingerprint density at radius 1 is 1.44 bits per heavy atom. The Morgan fingerprint density at radius 2 is 2.11 bits per heavy atom. The quantitative estimate of drug-likeness (QED) is 0.883. The number of hydrogen-bond donors (Lipinski definition) is 2. The first-order valence-electron chi connectivity index (χ1n) is 6.35. The number of nitrogens with two attached hydrogens (primary N) is 1. The van der Waals surface area contributed by atoms with Gasteiger partial charge in [0.15, 0.2) is 0 Å². The van der Waals surface area contributed by atoms with Gasteiger partial charge in [-0.25, -0.2) is 0 Å². The molecule has 4 heteroatoms. The molecule has 0 unspecified atom stereocenters. The Morgan fingerprint density at radius 3 is 2.67 bits per heavy atom. The van der Waals surface area contributed by atoms with E-state index < -0.39 is 5.54 Å². The van der Waals surface area contributed by atoms with Crippen LogP contribution in [0.25, 0.3) is 0 Å². The topological polar surface area (TPSA) is 55.1 Å². The highest BCUT2D eigenvalue weighted by atomic mass is 35.5. The van der Waals surface area contributed by atoms with Crippen LogP contribution in [-0.4, -0.2) is 11.4 Å². The molecule has 0 atom stereocenters. The second-order valence-corrected chi connectivity index (χ2v) is 5.70. The standard InChI is InChI=1S/C14H19ClN2O/c1-10-5-7-14(8-6-10,13(16)18)17-12-4-2-3-11(15)9-12/h2-4,9-10,17H,5-8H2,1H3,(H2,16,18). The van der Waals surface area contributed by atoms with Crippen molar-refractivity contribution in [1.82, 2.24) is 0 Å². The zero-order valence-electron chi connectivity index (χ0n) is 10.6. The molecule has 3 N–H and O–H groups in total. The number of primary amides is 1. The van der Waals surface area contributed by atoms with Crippen molar-refractivity contribution < 1.29 is 4.79 Å². The molecular formula is C14H19ClN2O. The van der Waals surface area contributed by atoms with Crippen molar-refractivity contribution in [3.63, 3.8) is 0 Å². The second-order valence-electron chi connectivity index (χ2n) is 5.26. The smallest absolute Gasteiger partial charge is 0.243 e. The maximum atomic E-state index is 11.8. The van der Waals surface area contributed by atoms with E-state index in [0.29, 0.717) is 10.9 Å². The van der Waals surface area contributed by atoms with Gasteiger partial charge in [0.25, 0.3) is 0 Å². The Kier molecular flexibility index (Phi) is 3.81. The number of carbonyl (C=O) groups excluding carboxylic acids is 1. The molecule has 1 aliphatic carbocycles. The summed E-state index contributed by atoms with van der Waals surface area (Å²) in [6.45, 7) is 2.21. The zero-order chi connectivity index (χ0) is 13.2. The highest BCUT2D eigenvalue weighted by Gasteiger charge is 2.39. The molecule has 0 bridgehead atoms. The molecule has 0 saturated heterocycles. The molecule has 1 aromatic rings. The molecular weight excluding hydrogens is 248 g/mol. The molecule has 1 saturated carbocycles. The van der Waals surface area contributed by atoms with Gasteiger partial charge in [-0.3, -0.25) is 4.79 Å². The number of benzene rings is 1. The Hall–Kier alpha value is -1.22. The van der Waals surface area contributed by atoms with Crippen LogP contribution >= 0.6 is 11.6 Å². The lowest BCUT2D eigenvalue weighted by Gasteiger charge is -2.38. The van der Waals surface area contributed by atoms with E-state index >= 15 is 0 Å². The maximum absolute atomic E-state index is 11.8. The predicted octanol–water partition coefficient (Wildman–Crippen LogP) is 3.19. The first-order chi connectivity index (χ1) is 8.52. The van der Waals surface area contributed by atoms with Crippen molar-refractivity contribution in [2.75, 3.05) is 5.32 Å². The van der Waals surface area contributed by atoms with Crippen molar-refractivity contribution in [3.05, 3.63) is 29.3 Å². The summed E-state index contributed by atoms with van der Waals surface area (Å²) in [6.07, 6.45) is 3.62. The first kappa shape index (κ1) is 13.2. The SMILES string of the molecule is CC1CCC(Nc2cccc(Cl)c2)(C(N)=O)CC1. The van der Waals surface area contributed by atoms with Gasteiger partial charge in [0, 0.05) is 10.7 Å². The summed E-state index contributed by atoms with van der Waals surface area (Å²) in [7, 11) is 0. The van der Waals surface area contributed by atoms with E-state index in [1.165, 1.54) is 0 Å². The summed E-state index contributed by atoms with van der Waals surface area (Å²) >= 11 is 5.95. The van der Waals surface area contributed by atoms with Crippen molar-refractivity contribution in [3.8, 4) is 0 Å². The van der Waals surface area contributed by atoms with Crippen LogP contribution in [-0.2, 0) is 4.79 Å². The van der Waals surface area contributed by atoms with E-state index in [4.69, 9.17) is 17.3 Å². The number of rotatable bonds is 3. The molecule has 2 rings (SSSR count). The van der Waals surface area contributed by atoms with Gasteiger partial charge < -0.3 is 11.1 Å². The molecule has 0 aliphatic heterocycles. The Bertz CT molecular complexity index is 439. The normalized spacial score (nSPS) is 27.8. The summed E-state index contributed by atoms with van der Waals surface area (Å²) in [4.78, 5) is 11.8. The van der Waals surface area contributed by atoms with E-state index in [0.717, 1.165) is 31.4 Å². The summed E-state index contributed by atoms with van der Waals surface area (Å²) < 4.78 is 0. The van der Waals surface area contributed by atoms with Crippen LogP contribution < -0.4 is 11.1 Å². The number of carbonyl (C=O) groups is 1. The number of hydrogen-bond acceptors (Lipinski definition) is 2. The van der Waals surface area contributed by atoms with Gasteiger partial charge in [-0.15, -0.1) is 0 Å². The molecule has 0 heterocycles. The minimum absolute atomic E-state index is 0.269. The van der Waals surface area contributed by atoms with Crippen LogP contribution in [0.4, 0.5) is 5.69 Å². The van der Waals surface area contributed by atoms with Gasteiger partial charge in [-0.05, 0) is 49.8 Å². The lowest BCUT2D eigenvalue weighted by atomic mass is 9.76. The molecule has 1 aromatic carbocycles. The van der Waals surface area contributed by atoms with Gasteiger partial charge in [0.05, 0.1) is 0 Å².